The third kappa shape index (κ3) is 3.69. The van der Waals surface area contributed by atoms with Crippen LogP contribution in [0.4, 0.5) is 11.4 Å². The Hall–Kier alpha value is -2.08. The highest BCUT2D eigenvalue weighted by Crippen LogP contribution is 2.18. The summed E-state index contributed by atoms with van der Waals surface area (Å²) in [6, 6.07) is 7.95. The normalized spacial score (nSPS) is 10.2. The summed E-state index contributed by atoms with van der Waals surface area (Å²) in [6.45, 7) is 0.815. The van der Waals surface area contributed by atoms with E-state index in [1.807, 2.05) is 50.8 Å². The second-order valence-corrected chi connectivity index (χ2v) is 4.85. The number of aromatic nitrogens is 2. The number of hydrogen-bond acceptors (Lipinski definition) is 3. The summed E-state index contributed by atoms with van der Waals surface area (Å²) >= 11 is 4.80. The molecule has 0 aliphatic rings. The van der Waals surface area contributed by atoms with Crippen LogP contribution in [0, 0.1) is 0 Å². The van der Waals surface area contributed by atoms with Crippen LogP contribution in [0.3, 0.4) is 0 Å². The number of benzene rings is 1. The third-order valence-electron chi connectivity index (χ3n) is 2.75. The zero-order valence-corrected chi connectivity index (χ0v) is 11.8. The summed E-state index contributed by atoms with van der Waals surface area (Å²) in [5, 5.41) is 7.34. The Morgan fingerprint density at radius 3 is 2.63 bits per heavy atom. The van der Waals surface area contributed by atoms with Gasteiger partial charge in [-0.25, -0.2) is 0 Å². The van der Waals surface area contributed by atoms with E-state index in [4.69, 9.17) is 18.0 Å². The van der Waals surface area contributed by atoms with Gasteiger partial charge in [-0.3, -0.25) is 4.68 Å². The Labute approximate surface area is 118 Å². The van der Waals surface area contributed by atoms with Gasteiger partial charge in [0.15, 0.2) is 5.11 Å². The number of hydrogen-bond donors (Lipinski definition) is 2. The molecular formula is C13H17N5S. The van der Waals surface area contributed by atoms with Crippen molar-refractivity contribution >= 4 is 28.7 Å². The number of nitrogens with two attached hydrogens (primary N) is 1. The monoisotopic (exact) mass is 275 g/mol. The van der Waals surface area contributed by atoms with E-state index in [1.165, 1.54) is 5.56 Å². The summed E-state index contributed by atoms with van der Waals surface area (Å²) in [7, 11) is 3.96. The van der Waals surface area contributed by atoms with E-state index in [0.29, 0.717) is 0 Å². The molecule has 1 heterocycles. The molecule has 0 radical (unpaired) electrons. The predicted molar refractivity (Wildman–Crippen MR) is 82.2 cm³/mol. The lowest BCUT2D eigenvalue weighted by atomic mass is 10.2. The zero-order chi connectivity index (χ0) is 13.8. The molecule has 1 aromatic carbocycles. The highest BCUT2D eigenvalue weighted by atomic mass is 32.1. The van der Waals surface area contributed by atoms with Crippen molar-refractivity contribution in [1.82, 2.24) is 9.78 Å². The first-order chi connectivity index (χ1) is 9.04. The molecule has 0 fully saturated rings. The van der Waals surface area contributed by atoms with Gasteiger partial charge in [-0.15, -0.1) is 0 Å². The molecule has 0 bridgehead atoms. The number of nitrogens with zero attached hydrogens (tertiary/aromatic N) is 3. The fraction of sp³-hybridized carbons (Fsp3) is 0.231. The van der Waals surface area contributed by atoms with E-state index in [0.717, 1.165) is 17.9 Å². The van der Waals surface area contributed by atoms with E-state index < -0.39 is 0 Å². The molecule has 6 heteroatoms. The fourth-order valence-corrected chi connectivity index (χ4v) is 1.98. The molecule has 0 unspecified atom stereocenters. The van der Waals surface area contributed by atoms with Crippen molar-refractivity contribution < 1.29 is 0 Å². The zero-order valence-electron chi connectivity index (χ0n) is 11.0. The lowest BCUT2D eigenvalue weighted by Gasteiger charge is -2.18. The molecule has 0 saturated carbocycles. The van der Waals surface area contributed by atoms with Crippen molar-refractivity contribution in [3.8, 4) is 0 Å². The largest absolute Gasteiger partial charge is 0.376 e. The van der Waals surface area contributed by atoms with E-state index >= 15 is 0 Å². The van der Waals surface area contributed by atoms with Crippen LogP contribution < -0.4 is 16.0 Å². The molecule has 2 rings (SSSR count). The summed E-state index contributed by atoms with van der Waals surface area (Å²) in [4.78, 5) is 2.15. The summed E-state index contributed by atoms with van der Waals surface area (Å²) in [5.74, 6) is 0. The maximum Gasteiger partial charge on any atom is 0.168 e. The Kier molecular flexibility index (Phi) is 4.01. The predicted octanol–water partition coefficient (Wildman–Crippen LogP) is 1.71. The minimum Gasteiger partial charge on any atom is -0.376 e. The maximum absolute atomic E-state index is 5.43. The topological polar surface area (TPSA) is 59.1 Å². The van der Waals surface area contributed by atoms with Gasteiger partial charge in [0.05, 0.1) is 6.20 Å². The molecule has 0 aliphatic carbocycles. The second-order valence-electron chi connectivity index (χ2n) is 4.41. The molecule has 100 valence electrons. The lowest BCUT2D eigenvalue weighted by Crippen LogP contribution is -2.19. The van der Waals surface area contributed by atoms with Crippen molar-refractivity contribution in [2.75, 3.05) is 17.3 Å². The van der Waals surface area contributed by atoms with Gasteiger partial charge >= 0.3 is 0 Å². The van der Waals surface area contributed by atoms with Crippen molar-refractivity contribution in [1.29, 1.82) is 0 Å². The van der Waals surface area contributed by atoms with Crippen LogP contribution in [0.5, 0.6) is 0 Å². The number of thiocarbonyl (C=S) groups is 1. The van der Waals surface area contributed by atoms with Crippen molar-refractivity contribution in [2.24, 2.45) is 12.8 Å². The van der Waals surface area contributed by atoms with Crippen molar-refractivity contribution in [2.45, 2.75) is 6.54 Å². The minimum absolute atomic E-state index is 0.275. The molecule has 1 aromatic heterocycles. The van der Waals surface area contributed by atoms with E-state index in [-0.39, 0.29) is 5.11 Å². The minimum atomic E-state index is 0.275. The van der Waals surface area contributed by atoms with Gasteiger partial charge in [-0.1, -0.05) is 0 Å². The number of rotatable bonds is 4. The molecule has 0 aliphatic heterocycles. The number of aryl methyl sites for hydroxylation is 1. The molecule has 3 N–H and O–H groups in total. The highest BCUT2D eigenvalue weighted by Gasteiger charge is 2.04. The van der Waals surface area contributed by atoms with Crippen LogP contribution in [-0.4, -0.2) is 21.9 Å². The molecule has 0 spiro atoms. The van der Waals surface area contributed by atoms with Crippen molar-refractivity contribution in [3.05, 3.63) is 42.2 Å². The SMILES string of the molecule is CN(Cc1cnn(C)c1)c1ccc(NC(N)=S)cc1. The first kappa shape index (κ1) is 13.4. The first-order valence-corrected chi connectivity index (χ1v) is 6.30. The highest BCUT2D eigenvalue weighted by molar-refractivity contribution is 7.80. The Morgan fingerprint density at radius 1 is 1.42 bits per heavy atom. The van der Waals surface area contributed by atoms with E-state index in [9.17, 15) is 0 Å². The van der Waals surface area contributed by atoms with Crippen molar-refractivity contribution in [3.63, 3.8) is 0 Å². The van der Waals surface area contributed by atoms with E-state index in [1.54, 1.807) is 4.68 Å². The summed E-state index contributed by atoms with van der Waals surface area (Å²) < 4.78 is 1.80. The fourth-order valence-electron chi connectivity index (χ4n) is 1.86. The van der Waals surface area contributed by atoms with Crippen LogP contribution >= 0.6 is 12.2 Å². The second kappa shape index (κ2) is 5.71. The van der Waals surface area contributed by atoms with Crippen LogP contribution in [0.25, 0.3) is 0 Å². The average Bonchev–Trinajstić information content (AvgIpc) is 2.75. The Balaban J connectivity index is 2.02. The maximum atomic E-state index is 5.43. The van der Waals surface area contributed by atoms with Gasteiger partial charge < -0.3 is 16.0 Å². The Morgan fingerprint density at radius 2 is 2.11 bits per heavy atom. The van der Waals surface area contributed by atoms with Gasteiger partial charge in [0.25, 0.3) is 0 Å². The smallest absolute Gasteiger partial charge is 0.168 e. The van der Waals surface area contributed by atoms with Crippen LogP contribution in [0.15, 0.2) is 36.7 Å². The van der Waals surface area contributed by atoms with Crippen LogP contribution in [-0.2, 0) is 13.6 Å². The van der Waals surface area contributed by atoms with Gasteiger partial charge in [-0.05, 0) is 36.5 Å². The van der Waals surface area contributed by atoms with Gasteiger partial charge in [0.2, 0.25) is 0 Å². The summed E-state index contributed by atoms with van der Waals surface area (Å²) in [6.07, 6.45) is 3.89. The molecule has 0 amide bonds. The molecule has 0 atom stereocenters. The average molecular weight is 275 g/mol. The molecular weight excluding hydrogens is 258 g/mol. The van der Waals surface area contributed by atoms with Crippen LogP contribution in [0.1, 0.15) is 5.56 Å². The lowest BCUT2D eigenvalue weighted by molar-refractivity contribution is 0.766. The van der Waals surface area contributed by atoms with E-state index in [2.05, 4.69) is 15.3 Å². The van der Waals surface area contributed by atoms with Gasteiger partial charge in [0, 0.05) is 43.8 Å². The molecule has 0 saturated heterocycles. The first-order valence-electron chi connectivity index (χ1n) is 5.90. The summed E-state index contributed by atoms with van der Waals surface area (Å²) in [5.41, 5.74) is 8.62. The van der Waals surface area contributed by atoms with Gasteiger partial charge in [-0.2, -0.15) is 5.10 Å². The number of nitrogens with one attached hydrogen (secondary N) is 1. The molecule has 19 heavy (non-hydrogen) atoms. The number of anilines is 2. The molecule has 5 nitrogen and oxygen atoms in total. The quantitative estimate of drug-likeness (QED) is 0.832. The standard InChI is InChI=1S/C13H17N5S/c1-17(8-10-7-15-18(2)9-10)12-5-3-11(4-6-12)16-13(14)19/h3-7,9H,8H2,1-2H3,(H3,14,16,19). The van der Waals surface area contributed by atoms with Gasteiger partial charge in [0.1, 0.15) is 0 Å². The third-order valence-corrected chi connectivity index (χ3v) is 2.86. The Bertz CT molecular complexity index is 561. The van der Waals surface area contributed by atoms with Crippen LogP contribution in [0.2, 0.25) is 0 Å². The molecule has 2 aromatic rings.